The van der Waals surface area contributed by atoms with Gasteiger partial charge in [-0.15, -0.1) is 0 Å². The average Bonchev–Trinajstić information content (AvgIpc) is 2.50. The van der Waals surface area contributed by atoms with Crippen molar-refractivity contribution < 1.29 is 15.3 Å². The summed E-state index contributed by atoms with van der Waals surface area (Å²) < 4.78 is 0. The molecular weight excluding hydrogens is 384 g/mol. The van der Waals surface area contributed by atoms with Gasteiger partial charge < -0.3 is 15.3 Å². The van der Waals surface area contributed by atoms with E-state index in [4.69, 9.17) is 0 Å². The topological polar surface area (TPSA) is 60.7 Å². The van der Waals surface area contributed by atoms with Crippen LogP contribution in [-0.4, -0.2) is 33.6 Å². The van der Waals surface area contributed by atoms with Crippen molar-refractivity contribution in [3.63, 3.8) is 0 Å². The van der Waals surface area contributed by atoms with Crippen LogP contribution in [0.15, 0.2) is 0 Å². The summed E-state index contributed by atoms with van der Waals surface area (Å²) in [5, 5.41) is 34.5. The van der Waals surface area contributed by atoms with Gasteiger partial charge in [0.1, 0.15) is 0 Å². The molecule has 184 valence electrons. The molecule has 0 bridgehead atoms. The third-order valence-corrected chi connectivity index (χ3v) is 8.99. The second kappa shape index (κ2) is 8.58. The first-order chi connectivity index (χ1) is 13.7. The van der Waals surface area contributed by atoms with E-state index < -0.39 is 12.2 Å². The normalized spacial score (nSPS) is 41.3. The molecule has 2 aliphatic rings. The van der Waals surface area contributed by atoms with Gasteiger partial charge in [0.05, 0.1) is 18.3 Å². The fourth-order valence-corrected chi connectivity index (χ4v) is 7.04. The van der Waals surface area contributed by atoms with E-state index in [1.165, 1.54) is 0 Å². The lowest BCUT2D eigenvalue weighted by Crippen LogP contribution is -2.58. The standard InChI is InChI=1S/C28H54O3/c1-25(2,3)18-13-16(14-19(23(18)30)26(4,5)6)17-15-20(27(7,8)9)24(31)21(22(17)29)28(10,11)12/h16-24,29-31H,13-15H2,1-12H3. The first-order valence-electron chi connectivity index (χ1n) is 12.7. The van der Waals surface area contributed by atoms with Crippen LogP contribution in [0.25, 0.3) is 0 Å². The third-order valence-electron chi connectivity index (χ3n) is 8.99. The van der Waals surface area contributed by atoms with E-state index in [0.29, 0.717) is 5.92 Å². The first kappa shape index (κ1) is 27.1. The van der Waals surface area contributed by atoms with Crippen LogP contribution in [0, 0.1) is 57.2 Å². The second-order valence-corrected chi connectivity index (χ2v) is 15.4. The highest BCUT2D eigenvalue weighted by molar-refractivity contribution is 5.04. The van der Waals surface area contributed by atoms with Gasteiger partial charge in [0.2, 0.25) is 0 Å². The van der Waals surface area contributed by atoms with Crippen molar-refractivity contribution in [1.82, 2.24) is 0 Å². The van der Waals surface area contributed by atoms with Gasteiger partial charge in [0.15, 0.2) is 0 Å². The van der Waals surface area contributed by atoms with Gasteiger partial charge in [-0.25, -0.2) is 0 Å². The van der Waals surface area contributed by atoms with Crippen LogP contribution in [0.3, 0.4) is 0 Å². The van der Waals surface area contributed by atoms with E-state index in [1.807, 2.05) is 0 Å². The van der Waals surface area contributed by atoms with Crippen molar-refractivity contribution in [2.24, 2.45) is 57.2 Å². The summed E-state index contributed by atoms with van der Waals surface area (Å²) in [4.78, 5) is 0. The molecule has 0 amide bonds. The SMILES string of the molecule is CC(C)(C)C1CC(C2CC(C(C)(C)C)C(O)C(C(C)(C)C)C2O)CC(C(C)(C)C)C1O. The molecule has 2 rings (SSSR count). The zero-order valence-electron chi connectivity index (χ0n) is 22.7. The van der Waals surface area contributed by atoms with Gasteiger partial charge in [-0.05, 0) is 70.5 Å². The van der Waals surface area contributed by atoms with Crippen LogP contribution < -0.4 is 0 Å². The van der Waals surface area contributed by atoms with Crippen molar-refractivity contribution in [3.05, 3.63) is 0 Å². The second-order valence-electron chi connectivity index (χ2n) is 15.4. The molecular formula is C28H54O3. The summed E-state index contributed by atoms with van der Waals surface area (Å²) in [5.74, 6) is 1.00. The van der Waals surface area contributed by atoms with Crippen molar-refractivity contribution in [3.8, 4) is 0 Å². The van der Waals surface area contributed by atoms with Crippen molar-refractivity contribution in [2.45, 2.75) is 121 Å². The van der Waals surface area contributed by atoms with Crippen LogP contribution in [0.5, 0.6) is 0 Å². The highest BCUT2D eigenvalue weighted by Gasteiger charge is 2.55. The fraction of sp³-hybridized carbons (Fsp3) is 1.00. The molecule has 0 heterocycles. The van der Waals surface area contributed by atoms with E-state index in [0.717, 1.165) is 19.3 Å². The molecule has 7 unspecified atom stereocenters. The monoisotopic (exact) mass is 438 g/mol. The molecule has 7 atom stereocenters. The maximum atomic E-state index is 11.7. The summed E-state index contributed by atoms with van der Waals surface area (Å²) in [6, 6.07) is 0. The number of aliphatic hydroxyl groups is 3. The van der Waals surface area contributed by atoms with Gasteiger partial charge in [-0.2, -0.15) is 0 Å². The van der Waals surface area contributed by atoms with Gasteiger partial charge in [-0.3, -0.25) is 0 Å². The Bertz CT molecular complexity index is 574. The Morgan fingerprint density at radius 2 is 0.806 bits per heavy atom. The smallest absolute Gasteiger partial charge is 0.0631 e. The maximum Gasteiger partial charge on any atom is 0.0631 e. The maximum absolute atomic E-state index is 11.7. The Balaban J connectivity index is 2.49. The number of aliphatic hydroxyl groups excluding tert-OH is 3. The Morgan fingerprint density at radius 3 is 1.13 bits per heavy atom. The van der Waals surface area contributed by atoms with Crippen LogP contribution in [-0.2, 0) is 0 Å². The molecule has 0 aromatic carbocycles. The van der Waals surface area contributed by atoms with Crippen LogP contribution >= 0.6 is 0 Å². The summed E-state index contributed by atoms with van der Waals surface area (Å²) in [6.45, 7) is 26.7. The molecule has 0 aliphatic heterocycles. The van der Waals surface area contributed by atoms with Gasteiger partial charge in [-0.1, -0.05) is 83.1 Å². The molecule has 2 fully saturated rings. The van der Waals surface area contributed by atoms with Crippen molar-refractivity contribution >= 4 is 0 Å². The number of hydrogen-bond acceptors (Lipinski definition) is 3. The lowest BCUT2D eigenvalue weighted by Gasteiger charge is -2.56. The summed E-state index contributed by atoms with van der Waals surface area (Å²) in [6.07, 6.45) is 1.49. The fourth-order valence-electron chi connectivity index (χ4n) is 7.04. The Kier molecular flexibility index (Phi) is 7.51. The van der Waals surface area contributed by atoms with Gasteiger partial charge >= 0.3 is 0 Å². The van der Waals surface area contributed by atoms with Gasteiger partial charge in [0.25, 0.3) is 0 Å². The highest BCUT2D eigenvalue weighted by atomic mass is 16.3. The largest absolute Gasteiger partial charge is 0.393 e. The van der Waals surface area contributed by atoms with E-state index in [2.05, 4.69) is 83.1 Å². The lowest BCUT2D eigenvalue weighted by molar-refractivity contribution is -0.174. The Hall–Kier alpha value is -0.120. The van der Waals surface area contributed by atoms with Crippen molar-refractivity contribution in [2.75, 3.05) is 0 Å². The number of rotatable bonds is 1. The summed E-state index contributed by atoms with van der Waals surface area (Å²) >= 11 is 0. The molecule has 3 nitrogen and oxygen atoms in total. The molecule has 0 spiro atoms. The quantitative estimate of drug-likeness (QED) is 0.460. The molecule has 2 saturated carbocycles. The lowest BCUT2D eigenvalue weighted by atomic mass is 9.51. The minimum Gasteiger partial charge on any atom is -0.393 e. The zero-order valence-corrected chi connectivity index (χ0v) is 22.7. The third kappa shape index (κ3) is 5.69. The predicted octanol–water partition coefficient (Wildman–Crippen LogP) is 6.15. The summed E-state index contributed by atoms with van der Waals surface area (Å²) in [7, 11) is 0. The summed E-state index contributed by atoms with van der Waals surface area (Å²) in [5.41, 5.74) is -0.133. The van der Waals surface area contributed by atoms with Crippen LogP contribution in [0.1, 0.15) is 102 Å². The molecule has 3 N–H and O–H groups in total. The molecule has 3 heteroatoms. The van der Waals surface area contributed by atoms with Crippen LogP contribution in [0.4, 0.5) is 0 Å². The van der Waals surface area contributed by atoms with Crippen molar-refractivity contribution in [1.29, 1.82) is 0 Å². The van der Waals surface area contributed by atoms with Crippen LogP contribution in [0.2, 0.25) is 0 Å². The van der Waals surface area contributed by atoms with E-state index >= 15 is 0 Å². The minimum absolute atomic E-state index is 0.0116. The average molecular weight is 439 g/mol. The number of hydrogen-bond donors (Lipinski definition) is 3. The van der Waals surface area contributed by atoms with E-state index in [9.17, 15) is 15.3 Å². The molecule has 0 saturated heterocycles. The molecule has 0 aromatic rings. The molecule has 0 aromatic heterocycles. The Morgan fingerprint density at radius 1 is 0.452 bits per heavy atom. The Labute approximate surface area is 193 Å². The van der Waals surface area contributed by atoms with E-state index in [-0.39, 0.29) is 57.4 Å². The van der Waals surface area contributed by atoms with E-state index in [1.54, 1.807) is 0 Å². The zero-order chi connectivity index (χ0) is 24.3. The van der Waals surface area contributed by atoms with Gasteiger partial charge in [0, 0.05) is 5.92 Å². The first-order valence-corrected chi connectivity index (χ1v) is 12.7. The molecule has 31 heavy (non-hydrogen) atoms. The molecule has 0 radical (unpaired) electrons. The minimum atomic E-state index is -0.505. The predicted molar refractivity (Wildman–Crippen MR) is 131 cm³/mol. The highest BCUT2D eigenvalue weighted by Crippen LogP contribution is 2.56. The molecule has 2 aliphatic carbocycles.